The molecule has 86 valence electrons. The molecular weight excluding hydrogens is 216 g/mol. The van der Waals surface area contributed by atoms with Gasteiger partial charge in [0.15, 0.2) is 0 Å². The highest BCUT2D eigenvalue weighted by Gasteiger charge is 1.94. The van der Waals surface area contributed by atoms with Crippen LogP contribution in [0.25, 0.3) is 12.2 Å². The fraction of sp³-hybridized carbons (Fsp3) is 0.0769. The van der Waals surface area contributed by atoms with Crippen LogP contribution in [0.4, 0.5) is 0 Å². The lowest BCUT2D eigenvalue weighted by Gasteiger charge is -1.91. The SMILES string of the molecule is C/C=c1\[nH]c(=O)/c(=C\c2ccccc2)[nH]c1=O. The number of hydrogen-bond acceptors (Lipinski definition) is 2. The van der Waals surface area contributed by atoms with E-state index in [9.17, 15) is 9.59 Å². The van der Waals surface area contributed by atoms with Gasteiger partial charge in [-0.15, -0.1) is 0 Å². The zero-order chi connectivity index (χ0) is 12.3. The third-order valence-corrected chi connectivity index (χ3v) is 2.38. The second kappa shape index (κ2) is 4.65. The average Bonchev–Trinajstić information content (AvgIpc) is 2.34. The highest BCUT2D eigenvalue weighted by atomic mass is 16.1. The summed E-state index contributed by atoms with van der Waals surface area (Å²) < 4.78 is 0. The van der Waals surface area contributed by atoms with Gasteiger partial charge in [0.1, 0.15) is 10.7 Å². The Bertz CT molecular complexity index is 739. The van der Waals surface area contributed by atoms with Crippen molar-refractivity contribution in [1.29, 1.82) is 0 Å². The predicted molar refractivity (Wildman–Crippen MR) is 67.1 cm³/mol. The zero-order valence-corrected chi connectivity index (χ0v) is 9.36. The number of hydrogen-bond donors (Lipinski definition) is 2. The maximum Gasteiger partial charge on any atom is 0.272 e. The van der Waals surface area contributed by atoms with Gasteiger partial charge in [0.25, 0.3) is 11.1 Å². The quantitative estimate of drug-likeness (QED) is 0.703. The number of aromatic amines is 2. The Morgan fingerprint density at radius 1 is 0.941 bits per heavy atom. The maximum absolute atomic E-state index is 11.7. The van der Waals surface area contributed by atoms with Crippen molar-refractivity contribution >= 4 is 12.2 Å². The Morgan fingerprint density at radius 2 is 1.53 bits per heavy atom. The van der Waals surface area contributed by atoms with Gasteiger partial charge >= 0.3 is 0 Å². The summed E-state index contributed by atoms with van der Waals surface area (Å²) in [4.78, 5) is 28.3. The molecule has 0 aliphatic rings. The van der Waals surface area contributed by atoms with Gasteiger partial charge in [-0.25, -0.2) is 0 Å². The summed E-state index contributed by atoms with van der Waals surface area (Å²) in [5, 5.41) is 0.534. The lowest BCUT2D eigenvalue weighted by molar-refractivity contribution is 1.00. The van der Waals surface area contributed by atoms with Gasteiger partial charge in [-0.05, 0) is 18.6 Å². The number of H-pyrrole nitrogens is 2. The van der Waals surface area contributed by atoms with E-state index in [0.29, 0.717) is 0 Å². The molecule has 2 rings (SSSR count). The first-order valence-corrected chi connectivity index (χ1v) is 5.26. The van der Waals surface area contributed by atoms with Gasteiger partial charge in [-0.1, -0.05) is 36.4 Å². The second-order valence-electron chi connectivity index (χ2n) is 3.58. The van der Waals surface area contributed by atoms with Crippen molar-refractivity contribution in [3.63, 3.8) is 0 Å². The highest BCUT2D eigenvalue weighted by Crippen LogP contribution is 1.96. The van der Waals surface area contributed by atoms with Crippen molar-refractivity contribution in [1.82, 2.24) is 9.97 Å². The first kappa shape index (κ1) is 11.1. The maximum atomic E-state index is 11.7. The summed E-state index contributed by atoms with van der Waals surface area (Å²) in [6, 6.07) is 9.34. The van der Waals surface area contributed by atoms with Gasteiger partial charge in [-0.2, -0.15) is 0 Å². The molecule has 4 nitrogen and oxygen atoms in total. The first-order chi connectivity index (χ1) is 8.20. The minimum absolute atomic E-state index is 0.256. The van der Waals surface area contributed by atoms with Crippen LogP contribution in [-0.4, -0.2) is 9.97 Å². The molecule has 0 aliphatic heterocycles. The third kappa shape index (κ3) is 2.42. The Morgan fingerprint density at radius 3 is 2.18 bits per heavy atom. The molecule has 0 bridgehead atoms. The van der Waals surface area contributed by atoms with Crippen molar-refractivity contribution in [2.75, 3.05) is 0 Å². The van der Waals surface area contributed by atoms with Gasteiger partial charge in [-0.3, -0.25) is 9.59 Å². The smallest absolute Gasteiger partial charge is 0.272 e. The fourth-order valence-electron chi connectivity index (χ4n) is 1.51. The van der Waals surface area contributed by atoms with Crippen LogP contribution >= 0.6 is 0 Å². The van der Waals surface area contributed by atoms with Gasteiger partial charge < -0.3 is 9.97 Å². The highest BCUT2D eigenvalue weighted by molar-refractivity contribution is 5.47. The largest absolute Gasteiger partial charge is 0.316 e. The van der Waals surface area contributed by atoms with Crippen LogP contribution in [0.2, 0.25) is 0 Å². The molecule has 0 saturated carbocycles. The fourth-order valence-corrected chi connectivity index (χ4v) is 1.51. The molecule has 0 spiro atoms. The Kier molecular flexibility index (Phi) is 3.05. The average molecular weight is 228 g/mol. The van der Waals surface area contributed by atoms with Crippen LogP contribution in [0.15, 0.2) is 39.9 Å². The molecule has 2 aromatic rings. The van der Waals surface area contributed by atoms with E-state index in [1.807, 2.05) is 30.3 Å². The van der Waals surface area contributed by atoms with E-state index in [4.69, 9.17) is 0 Å². The monoisotopic (exact) mass is 228 g/mol. The van der Waals surface area contributed by atoms with Gasteiger partial charge in [0.05, 0.1) is 0 Å². The zero-order valence-electron chi connectivity index (χ0n) is 9.36. The molecule has 0 saturated heterocycles. The predicted octanol–water partition coefficient (Wildman–Crippen LogP) is -0.308. The van der Waals surface area contributed by atoms with E-state index in [1.165, 1.54) is 0 Å². The molecule has 1 aromatic heterocycles. The second-order valence-corrected chi connectivity index (χ2v) is 3.58. The van der Waals surface area contributed by atoms with E-state index >= 15 is 0 Å². The van der Waals surface area contributed by atoms with Crippen LogP contribution in [0, 0.1) is 0 Å². The van der Waals surface area contributed by atoms with Crippen LogP contribution < -0.4 is 21.8 Å². The van der Waals surface area contributed by atoms with Gasteiger partial charge in [0, 0.05) is 0 Å². The number of aromatic nitrogens is 2. The van der Waals surface area contributed by atoms with Crippen LogP contribution in [0.1, 0.15) is 12.5 Å². The molecule has 0 atom stereocenters. The molecule has 2 N–H and O–H groups in total. The van der Waals surface area contributed by atoms with Crippen LogP contribution in [0.3, 0.4) is 0 Å². The summed E-state index contributed by atoms with van der Waals surface area (Å²) >= 11 is 0. The molecule has 0 amide bonds. The molecule has 0 radical (unpaired) electrons. The van der Waals surface area contributed by atoms with Crippen molar-refractivity contribution < 1.29 is 0 Å². The standard InChI is InChI=1S/C13H12N2O2/c1-2-10-12(16)15-11(13(17)14-10)8-9-6-4-3-5-7-9/h2-8H,1H3,(H,14,17)(H,15,16)/b10-2-,11-8+. The summed E-state index contributed by atoms with van der Waals surface area (Å²) in [6.07, 6.45) is 3.20. The summed E-state index contributed by atoms with van der Waals surface area (Å²) in [5.41, 5.74) is 0.262. The van der Waals surface area contributed by atoms with Crippen LogP contribution in [0.5, 0.6) is 0 Å². The van der Waals surface area contributed by atoms with Crippen molar-refractivity contribution in [2.45, 2.75) is 6.92 Å². The first-order valence-electron chi connectivity index (χ1n) is 5.26. The van der Waals surface area contributed by atoms with E-state index in [1.54, 1.807) is 19.1 Å². The Balaban J connectivity index is 2.71. The van der Waals surface area contributed by atoms with Crippen LogP contribution in [-0.2, 0) is 0 Å². The molecular formula is C13H12N2O2. The minimum Gasteiger partial charge on any atom is -0.316 e. The molecule has 17 heavy (non-hydrogen) atoms. The van der Waals surface area contributed by atoms with Crippen molar-refractivity contribution in [2.24, 2.45) is 0 Å². The summed E-state index contributed by atoms with van der Waals surface area (Å²) in [5.74, 6) is 0. The van der Waals surface area contributed by atoms with Crippen molar-refractivity contribution in [3.05, 3.63) is 67.3 Å². The molecule has 4 heteroatoms. The Hall–Kier alpha value is -2.36. The summed E-state index contributed by atoms with van der Waals surface area (Å²) in [6.45, 7) is 1.70. The summed E-state index contributed by atoms with van der Waals surface area (Å²) in [7, 11) is 0. The lowest BCUT2D eigenvalue weighted by Crippen LogP contribution is -2.46. The number of benzene rings is 1. The number of nitrogens with one attached hydrogen (secondary N) is 2. The number of rotatable bonds is 1. The topological polar surface area (TPSA) is 65.7 Å². The van der Waals surface area contributed by atoms with E-state index in [-0.39, 0.29) is 21.8 Å². The van der Waals surface area contributed by atoms with Gasteiger partial charge in [0.2, 0.25) is 0 Å². The molecule has 0 fully saturated rings. The normalized spacial score (nSPS) is 13.0. The molecule has 1 heterocycles. The van der Waals surface area contributed by atoms with E-state index < -0.39 is 0 Å². The lowest BCUT2D eigenvalue weighted by atomic mass is 10.2. The molecule has 1 aromatic carbocycles. The third-order valence-electron chi connectivity index (χ3n) is 2.38. The Labute approximate surface area is 97.0 Å². The van der Waals surface area contributed by atoms with E-state index in [0.717, 1.165) is 5.56 Å². The van der Waals surface area contributed by atoms with E-state index in [2.05, 4.69) is 9.97 Å². The van der Waals surface area contributed by atoms with Crippen molar-refractivity contribution in [3.8, 4) is 0 Å². The molecule has 0 unspecified atom stereocenters. The molecule has 0 aliphatic carbocycles. The minimum atomic E-state index is -0.304.